The van der Waals surface area contributed by atoms with Crippen molar-refractivity contribution in [2.45, 2.75) is 101 Å². The molecule has 0 fully saturated rings. The Hall–Kier alpha value is -3.39. The lowest BCUT2D eigenvalue weighted by Crippen LogP contribution is -2.44. The van der Waals surface area contributed by atoms with Gasteiger partial charge in [-0.05, 0) is 212 Å². The van der Waals surface area contributed by atoms with E-state index >= 15 is 0 Å². The third-order valence-electron chi connectivity index (χ3n) is 12.5. The average molecular weight is 765 g/mol. The lowest BCUT2D eigenvalue weighted by atomic mass is 10.1. The molecule has 0 bridgehead atoms. The van der Waals surface area contributed by atoms with Gasteiger partial charge in [0.2, 0.25) is 0 Å². The van der Waals surface area contributed by atoms with Crippen molar-refractivity contribution in [3.63, 3.8) is 0 Å². The summed E-state index contributed by atoms with van der Waals surface area (Å²) >= 11 is 0. The summed E-state index contributed by atoms with van der Waals surface area (Å²) < 4.78 is -0.189. The van der Waals surface area contributed by atoms with Gasteiger partial charge in [-0.3, -0.25) is 0 Å². The van der Waals surface area contributed by atoms with E-state index in [0.29, 0.717) is 0 Å². The second-order valence-electron chi connectivity index (χ2n) is 15.4. The summed E-state index contributed by atoms with van der Waals surface area (Å²) in [6, 6.07) is 43.0. The van der Waals surface area contributed by atoms with Gasteiger partial charge in [0.05, 0.1) is 4.64 Å². The van der Waals surface area contributed by atoms with E-state index in [1.54, 1.807) is 0 Å². The molecule has 0 heterocycles. The van der Waals surface area contributed by atoms with Crippen molar-refractivity contribution < 1.29 is 0 Å². The van der Waals surface area contributed by atoms with Crippen molar-refractivity contribution in [3.8, 4) is 0 Å². The number of benzene rings is 6. The Bertz CT molecular complexity index is 1920. The lowest BCUT2D eigenvalue weighted by molar-refractivity contribution is 0.982. The van der Waals surface area contributed by atoms with Gasteiger partial charge in [0.25, 0.3) is 0 Å². The maximum absolute atomic E-state index is 2.56. The Labute approximate surface area is 331 Å². The Balaban J connectivity index is 1.98. The second-order valence-corrected chi connectivity index (χ2v) is 23.7. The predicted molar refractivity (Wildman–Crippen MR) is 247 cm³/mol. The fraction of sp³-hybridized carbons (Fsp3) is 0.294. The fourth-order valence-corrected chi connectivity index (χ4v) is 23.0. The minimum Gasteiger partial charge on any atom is -0.0638 e. The van der Waals surface area contributed by atoms with Crippen LogP contribution in [0.15, 0.2) is 109 Å². The highest BCUT2D eigenvalue weighted by Crippen LogP contribution is 2.80. The zero-order valence-corrected chi connectivity index (χ0v) is 37.6. The summed E-state index contributed by atoms with van der Waals surface area (Å²) in [4.78, 5) is 0. The third kappa shape index (κ3) is 6.98. The Kier molecular flexibility index (Phi) is 12.2. The Morgan fingerprint density at radius 1 is 0.296 bits per heavy atom. The van der Waals surface area contributed by atoms with Crippen molar-refractivity contribution in [2.24, 2.45) is 0 Å². The molecule has 0 aliphatic carbocycles. The molecule has 278 valence electrons. The molecule has 0 unspecified atom stereocenters. The standard InChI is InChI=1S/C51H59P3/c1-14-51(52(45-27-15-21-33(2)39(45)8)46-28-16-22-34(3)40(46)9,53(47-29-17-23-35(4)41(47)10)48-30-18-24-36(5)42(48)11)54(49-31-19-25-37(6)43(49)12)50-32-20-26-38(7)44(50)13/h15-32H,14H2,1-13H3. The number of rotatable bonds is 10. The summed E-state index contributed by atoms with van der Waals surface area (Å²) in [7, 11) is -2.93. The van der Waals surface area contributed by atoms with Crippen LogP contribution in [-0.4, -0.2) is 4.64 Å². The van der Waals surface area contributed by atoms with Gasteiger partial charge in [0, 0.05) is 0 Å². The van der Waals surface area contributed by atoms with Gasteiger partial charge in [0.15, 0.2) is 0 Å². The molecular weight excluding hydrogens is 705 g/mol. The maximum atomic E-state index is 2.56. The molecule has 0 nitrogen and oxygen atoms in total. The first-order valence-corrected chi connectivity index (χ1v) is 23.6. The van der Waals surface area contributed by atoms with Gasteiger partial charge in [-0.2, -0.15) is 0 Å². The van der Waals surface area contributed by atoms with E-state index in [9.17, 15) is 0 Å². The van der Waals surface area contributed by atoms with Crippen LogP contribution in [0.4, 0.5) is 0 Å². The predicted octanol–water partition coefficient (Wildman–Crippen LogP) is 12.1. The highest BCUT2D eigenvalue weighted by Gasteiger charge is 2.55. The van der Waals surface area contributed by atoms with Crippen LogP contribution in [0, 0.1) is 83.1 Å². The fourth-order valence-electron chi connectivity index (χ4n) is 8.19. The zero-order chi connectivity index (χ0) is 39.1. The molecule has 0 N–H and O–H groups in total. The van der Waals surface area contributed by atoms with Crippen LogP contribution in [0.2, 0.25) is 0 Å². The van der Waals surface area contributed by atoms with Crippen molar-refractivity contribution in [2.75, 3.05) is 0 Å². The molecule has 0 aliphatic heterocycles. The normalized spacial score (nSPS) is 12.0. The molecule has 0 aromatic heterocycles. The topological polar surface area (TPSA) is 0 Å². The molecule has 0 spiro atoms. The van der Waals surface area contributed by atoms with Crippen LogP contribution in [0.25, 0.3) is 0 Å². The summed E-state index contributed by atoms with van der Waals surface area (Å²) in [6.45, 7) is 30.9. The summed E-state index contributed by atoms with van der Waals surface area (Å²) in [5, 5.41) is 9.20. The first-order valence-electron chi connectivity index (χ1n) is 19.5. The van der Waals surface area contributed by atoms with Crippen LogP contribution in [-0.2, 0) is 0 Å². The Morgan fingerprint density at radius 3 is 0.611 bits per heavy atom. The number of aryl methyl sites for hydroxylation is 6. The van der Waals surface area contributed by atoms with Gasteiger partial charge >= 0.3 is 0 Å². The van der Waals surface area contributed by atoms with Crippen LogP contribution >= 0.6 is 23.8 Å². The quantitative estimate of drug-likeness (QED) is 0.122. The molecule has 0 radical (unpaired) electrons. The first-order chi connectivity index (χ1) is 25.8. The molecule has 0 amide bonds. The molecule has 3 heteroatoms. The van der Waals surface area contributed by atoms with Crippen LogP contribution in [0.5, 0.6) is 0 Å². The van der Waals surface area contributed by atoms with Crippen molar-refractivity contribution >= 4 is 55.6 Å². The molecule has 0 atom stereocenters. The summed E-state index contributed by atoms with van der Waals surface area (Å²) in [5.41, 5.74) is 16.9. The van der Waals surface area contributed by atoms with Crippen molar-refractivity contribution in [1.29, 1.82) is 0 Å². The highest BCUT2D eigenvalue weighted by molar-refractivity contribution is 8.05. The first kappa shape index (κ1) is 40.3. The maximum Gasteiger partial charge on any atom is 0.0543 e. The third-order valence-corrected chi connectivity index (χ3v) is 24.9. The minimum atomic E-state index is -0.976. The van der Waals surface area contributed by atoms with E-state index in [2.05, 4.69) is 199 Å². The van der Waals surface area contributed by atoms with Gasteiger partial charge in [0.1, 0.15) is 0 Å². The second kappa shape index (κ2) is 16.4. The average Bonchev–Trinajstić information content (AvgIpc) is 3.15. The van der Waals surface area contributed by atoms with Gasteiger partial charge in [-0.1, -0.05) is 116 Å². The molecule has 54 heavy (non-hydrogen) atoms. The molecule has 6 rings (SSSR count). The van der Waals surface area contributed by atoms with Crippen LogP contribution < -0.4 is 31.8 Å². The van der Waals surface area contributed by atoms with Gasteiger partial charge < -0.3 is 0 Å². The zero-order valence-electron chi connectivity index (χ0n) is 34.9. The lowest BCUT2D eigenvalue weighted by Gasteiger charge is -2.54. The molecule has 0 saturated heterocycles. The van der Waals surface area contributed by atoms with Gasteiger partial charge in [-0.15, -0.1) is 0 Å². The van der Waals surface area contributed by atoms with E-state index in [0.717, 1.165) is 6.42 Å². The summed E-state index contributed by atoms with van der Waals surface area (Å²) in [6.07, 6.45) is 1.04. The molecular formula is C51H59P3. The molecule has 6 aromatic rings. The van der Waals surface area contributed by atoms with Crippen LogP contribution in [0.1, 0.15) is 80.1 Å². The van der Waals surface area contributed by atoms with E-state index in [4.69, 9.17) is 0 Å². The highest BCUT2D eigenvalue weighted by atomic mass is 31.2. The monoisotopic (exact) mass is 764 g/mol. The number of hydrogen-bond acceptors (Lipinski definition) is 0. The minimum absolute atomic E-state index is 0.189. The van der Waals surface area contributed by atoms with Crippen LogP contribution in [0.3, 0.4) is 0 Å². The summed E-state index contributed by atoms with van der Waals surface area (Å²) in [5.74, 6) is 0. The van der Waals surface area contributed by atoms with E-state index < -0.39 is 23.8 Å². The van der Waals surface area contributed by atoms with Crippen molar-refractivity contribution in [3.05, 3.63) is 176 Å². The van der Waals surface area contributed by atoms with E-state index in [-0.39, 0.29) is 4.64 Å². The largest absolute Gasteiger partial charge is 0.0638 e. The molecule has 0 aliphatic rings. The van der Waals surface area contributed by atoms with E-state index in [1.807, 2.05) is 0 Å². The SMILES string of the molecule is CCC(P(c1cccc(C)c1C)c1cccc(C)c1C)(P(c1cccc(C)c1C)c1cccc(C)c1C)P(c1cccc(C)c1C)c1cccc(C)c1C. The Morgan fingerprint density at radius 2 is 0.463 bits per heavy atom. The smallest absolute Gasteiger partial charge is 0.0543 e. The van der Waals surface area contributed by atoms with E-state index in [1.165, 1.54) is 98.6 Å². The molecule has 0 saturated carbocycles. The van der Waals surface area contributed by atoms with Gasteiger partial charge in [-0.25, -0.2) is 0 Å². The number of hydrogen-bond donors (Lipinski definition) is 0. The molecule has 6 aromatic carbocycles. The van der Waals surface area contributed by atoms with Crippen molar-refractivity contribution in [1.82, 2.24) is 0 Å².